The van der Waals surface area contributed by atoms with Crippen LogP contribution in [-0.2, 0) is 14.8 Å². The number of carbonyl (C=O) groups is 1. The van der Waals surface area contributed by atoms with Gasteiger partial charge in [-0.05, 0) is 28.3 Å². The summed E-state index contributed by atoms with van der Waals surface area (Å²) in [6, 6.07) is 8.93. The largest absolute Gasteiger partial charge is 0.465 e. The minimum absolute atomic E-state index is 0.00507. The third kappa shape index (κ3) is 3.60. The third-order valence-corrected chi connectivity index (χ3v) is 7.10. The van der Waals surface area contributed by atoms with Gasteiger partial charge in [-0.1, -0.05) is 18.2 Å². The molecule has 9 heteroatoms. The van der Waals surface area contributed by atoms with Crippen molar-refractivity contribution in [2.45, 2.75) is 11.0 Å². The number of thiophene rings is 2. The summed E-state index contributed by atoms with van der Waals surface area (Å²) in [7, 11) is -2.75. The van der Waals surface area contributed by atoms with Gasteiger partial charge in [-0.15, -0.1) is 22.7 Å². The van der Waals surface area contributed by atoms with Crippen LogP contribution in [0.25, 0.3) is 10.1 Å². The number of fused-ring (bicyclic) bond motifs is 1. The molecule has 1 atom stereocenters. The second kappa shape index (κ2) is 7.22. The lowest BCUT2D eigenvalue weighted by Gasteiger charge is -2.12. The molecule has 6 nitrogen and oxygen atoms in total. The molecular formula is C16H15NO5S3. The molecule has 0 unspecified atom stereocenters. The maximum absolute atomic E-state index is 12.5. The number of sulfonamides is 1. The predicted octanol–water partition coefficient (Wildman–Crippen LogP) is 2.76. The van der Waals surface area contributed by atoms with E-state index in [0.717, 1.165) is 21.4 Å². The Morgan fingerprint density at radius 3 is 2.80 bits per heavy atom. The summed E-state index contributed by atoms with van der Waals surface area (Å²) in [6.07, 6.45) is -0.994. The van der Waals surface area contributed by atoms with Crippen LogP contribution in [0.5, 0.6) is 0 Å². The molecule has 2 N–H and O–H groups in total. The Labute approximate surface area is 152 Å². The molecule has 3 aromatic rings. The monoisotopic (exact) mass is 397 g/mol. The number of hydrogen-bond donors (Lipinski definition) is 2. The van der Waals surface area contributed by atoms with Crippen LogP contribution in [0.15, 0.2) is 46.0 Å². The van der Waals surface area contributed by atoms with Crippen LogP contribution in [0.2, 0.25) is 0 Å². The van der Waals surface area contributed by atoms with E-state index in [2.05, 4.69) is 9.46 Å². The summed E-state index contributed by atoms with van der Waals surface area (Å²) < 4.78 is 32.9. The van der Waals surface area contributed by atoms with Crippen LogP contribution >= 0.6 is 22.7 Å². The van der Waals surface area contributed by atoms with Gasteiger partial charge in [-0.2, -0.15) is 0 Å². The fourth-order valence-corrected chi connectivity index (χ4v) is 5.76. The van der Waals surface area contributed by atoms with Crippen molar-refractivity contribution in [2.24, 2.45) is 0 Å². The molecule has 0 aliphatic rings. The van der Waals surface area contributed by atoms with E-state index in [1.807, 2.05) is 29.6 Å². The van der Waals surface area contributed by atoms with Crippen molar-refractivity contribution >= 4 is 48.8 Å². The van der Waals surface area contributed by atoms with Gasteiger partial charge in [0.2, 0.25) is 10.0 Å². The van der Waals surface area contributed by atoms with E-state index in [9.17, 15) is 18.3 Å². The quantitative estimate of drug-likeness (QED) is 0.624. The maximum atomic E-state index is 12.5. The first-order valence-electron chi connectivity index (χ1n) is 7.23. The summed E-state index contributed by atoms with van der Waals surface area (Å²) in [5.74, 6) is -0.709. The molecule has 132 valence electrons. The smallest absolute Gasteiger partial charge is 0.349 e. The topological polar surface area (TPSA) is 92.7 Å². The Bertz CT molecular complexity index is 1010. The molecule has 0 aliphatic heterocycles. The highest BCUT2D eigenvalue weighted by Crippen LogP contribution is 2.30. The SMILES string of the molecule is COC(=O)c1sccc1S(=O)(=O)NC[C@@H](O)c1csc2ccccc12. The molecule has 2 heterocycles. The number of methoxy groups -OCH3 is 1. The van der Waals surface area contributed by atoms with Gasteiger partial charge in [0.1, 0.15) is 9.77 Å². The van der Waals surface area contributed by atoms with E-state index >= 15 is 0 Å². The van der Waals surface area contributed by atoms with Gasteiger partial charge in [0.25, 0.3) is 0 Å². The Morgan fingerprint density at radius 1 is 1.28 bits per heavy atom. The Kier molecular flexibility index (Phi) is 5.21. The number of esters is 1. The van der Waals surface area contributed by atoms with Crippen molar-refractivity contribution in [3.05, 3.63) is 51.5 Å². The van der Waals surface area contributed by atoms with Crippen LogP contribution < -0.4 is 4.72 Å². The molecule has 0 radical (unpaired) electrons. The van der Waals surface area contributed by atoms with Crippen LogP contribution in [0.1, 0.15) is 21.3 Å². The van der Waals surface area contributed by atoms with Crippen molar-refractivity contribution in [3.63, 3.8) is 0 Å². The highest BCUT2D eigenvalue weighted by Gasteiger charge is 2.25. The molecule has 1 aromatic carbocycles. The minimum atomic E-state index is -3.94. The van der Waals surface area contributed by atoms with Gasteiger partial charge in [-0.3, -0.25) is 0 Å². The minimum Gasteiger partial charge on any atom is -0.465 e. The van der Waals surface area contributed by atoms with Crippen LogP contribution in [0.3, 0.4) is 0 Å². The number of nitrogens with one attached hydrogen (secondary N) is 1. The van der Waals surface area contributed by atoms with Crippen molar-refractivity contribution in [1.29, 1.82) is 0 Å². The maximum Gasteiger partial charge on any atom is 0.349 e. The van der Waals surface area contributed by atoms with E-state index < -0.39 is 22.1 Å². The lowest BCUT2D eigenvalue weighted by Crippen LogP contribution is -2.29. The van der Waals surface area contributed by atoms with E-state index in [-0.39, 0.29) is 16.3 Å². The average molecular weight is 397 g/mol. The molecule has 25 heavy (non-hydrogen) atoms. The molecule has 3 rings (SSSR count). The van der Waals surface area contributed by atoms with Gasteiger partial charge in [0, 0.05) is 16.8 Å². The molecular weight excluding hydrogens is 382 g/mol. The summed E-state index contributed by atoms with van der Waals surface area (Å²) in [6.45, 7) is -0.195. The van der Waals surface area contributed by atoms with Gasteiger partial charge in [-0.25, -0.2) is 17.9 Å². The molecule has 0 saturated heterocycles. The lowest BCUT2D eigenvalue weighted by atomic mass is 10.1. The number of aliphatic hydroxyl groups excluding tert-OH is 1. The number of ether oxygens (including phenoxy) is 1. The molecule has 0 bridgehead atoms. The third-order valence-electron chi connectivity index (χ3n) is 3.63. The standard InChI is InChI=1S/C16H15NO5S3/c1-22-16(19)15-14(6-7-23-15)25(20,21)17-8-12(18)11-9-24-13-5-3-2-4-10(11)13/h2-7,9,12,17-18H,8H2,1H3/t12-/m1/s1. The second-order valence-electron chi connectivity index (χ2n) is 5.16. The van der Waals surface area contributed by atoms with E-state index in [4.69, 9.17) is 0 Å². The van der Waals surface area contributed by atoms with Gasteiger partial charge >= 0.3 is 5.97 Å². The van der Waals surface area contributed by atoms with Gasteiger partial charge in [0.05, 0.1) is 13.2 Å². The predicted molar refractivity (Wildman–Crippen MR) is 97.6 cm³/mol. The summed E-state index contributed by atoms with van der Waals surface area (Å²) in [4.78, 5) is 11.5. The van der Waals surface area contributed by atoms with Crippen molar-refractivity contribution in [2.75, 3.05) is 13.7 Å². The first kappa shape index (κ1) is 18.0. The summed E-state index contributed by atoms with van der Waals surface area (Å²) >= 11 is 2.47. The molecule has 0 spiro atoms. The van der Waals surface area contributed by atoms with E-state index in [1.54, 1.807) is 0 Å². The number of rotatable bonds is 6. The highest BCUT2D eigenvalue weighted by molar-refractivity contribution is 7.89. The number of benzene rings is 1. The zero-order valence-electron chi connectivity index (χ0n) is 13.1. The van der Waals surface area contributed by atoms with Crippen LogP contribution in [0, 0.1) is 0 Å². The normalized spacial score (nSPS) is 13.0. The Balaban J connectivity index is 1.78. The molecule has 0 fully saturated rings. The van der Waals surface area contributed by atoms with Crippen LogP contribution in [-0.4, -0.2) is 33.1 Å². The van der Waals surface area contributed by atoms with E-state index in [1.165, 1.54) is 29.9 Å². The lowest BCUT2D eigenvalue weighted by molar-refractivity contribution is 0.0602. The fourth-order valence-electron chi connectivity index (χ4n) is 2.38. The van der Waals surface area contributed by atoms with Crippen LogP contribution in [0.4, 0.5) is 0 Å². The number of aliphatic hydroxyl groups is 1. The molecule has 0 amide bonds. The number of carbonyl (C=O) groups excluding carboxylic acids is 1. The second-order valence-corrected chi connectivity index (χ2v) is 8.72. The molecule has 0 aliphatic carbocycles. The van der Waals surface area contributed by atoms with E-state index in [0.29, 0.717) is 5.56 Å². The van der Waals surface area contributed by atoms with Gasteiger partial charge < -0.3 is 9.84 Å². The zero-order chi connectivity index (χ0) is 18.0. The first-order valence-corrected chi connectivity index (χ1v) is 10.5. The van der Waals surface area contributed by atoms with Crippen molar-refractivity contribution < 1.29 is 23.1 Å². The molecule has 2 aromatic heterocycles. The average Bonchev–Trinajstić information content (AvgIpc) is 3.26. The summed E-state index contributed by atoms with van der Waals surface area (Å²) in [5, 5.41) is 14.6. The fraction of sp³-hybridized carbons (Fsp3) is 0.188. The Hall–Kier alpha value is -1.78. The highest BCUT2D eigenvalue weighted by atomic mass is 32.2. The van der Waals surface area contributed by atoms with Crippen molar-refractivity contribution in [1.82, 2.24) is 4.72 Å². The first-order chi connectivity index (χ1) is 11.9. The Morgan fingerprint density at radius 2 is 2.04 bits per heavy atom. The molecule has 0 saturated carbocycles. The van der Waals surface area contributed by atoms with Gasteiger partial charge in [0.15, 0.2) is 0 Å². The summed E-state index contributed by atoms with van der Waals surface area (Å²) in [5.41, 5.74) is 0.668. The zero-order valence-corrected chi connectivity index (χ0v) is 15.6. The van der Waals surface area contributed by atoms with Crippen molar-refractivity contribution in [3.8, 4) is 0 Å². The number of hydrogen-bond acceptors (Lipinski definition) is 7.